The highest BCUT2D eigenvalue weighted by molar-refractivity contribution is 5.84. The van der Waals surface area contributed by atoms with Crippen molar-refractivity contribution in [3.05, 3.63) is 12.2 Å². The molecule has 5 heteroatoms. The lowest BCUT2D eigenvalue weighted by molar-refractivity contribution is -0.132. The number of ketones is 1. The molecule has 0 spiro atoms. The van der Waals surface area contributed by atoms with Crippen LogP contribution in [0.15, 0.2) is 6.33 Å². The maximum atomic E-state index is 12.1. The van der Waals surface area contributed by atoms with E-state index in [0.29, 0.717) is 18.9 Å². The molecule has 0 saturated carbocycles. The normalized spacial score (nSPS) is 20.3. The molecule has 0 aliphatic carbocycles. The minimum Gasteiger partial charge on any atom is -0.370 e. The Morgan fingerprint density at radius 1 is 1.56 bits per heavy atom. The predicted molar refractivity (Wildman–Crippen MR) is 67.2 cm³/mol. The first-order valence-corrected chi connectivity index (χ1v) is 6.68. The smallest absolute Gasteiger partial charge is 0.169 e. The molecule has 18 heavy (non-hydrogen) atoms. The second-order valence-electron chi connectivity index (χ2n) is 5.25. The molecule has 1 aliphatic heterocycles. The number of aromatic nitrogens is 3. The summed E-state index contributed by atoms with van der Waals surface area (Å²) in [6.07, 6.45) is 4.60. The van der Waals surface area contributed by atoms with E-state index in [1.807, 2.05) is 4.68 Å². The van der Waals surface area contributed by atoms with Crippen LogP contribution in [-0.2, 0) is 22.5 Å². The maximum Gasteiger partial charge on any atom is 0.169 e. The highest BCUT2D eigenvalue weighted by atomic mass is 16.5. The topological polar surface area (TPSA) is 57.0 Å². The zero-order valence-electron chi connectivity index (χ0n) is 11.1. The fourth-order valence-electron chi connectivity index (χ4n) is 2.19. The van der Waals surface area contributed by atoms with Crippen molar-refractivity contribution in [2.45, 2.75) is 52.2 Å². The molecule has 0 bridgehead atoms. The quantitative estimate of drug-likeness (QED) is 0.798. The monoisotopic (exact) mass is 251 g/mol. The molecule has 0 aromatic carbocycles. The largest absolute Gasteiger partial charge is 0.370 e. The van der Waals surface area contributed by atoms with Crippen LogP contribution in [0.4, 0.5) is 0 Å². The van der Waals surface area contributed by atoms with Crippen LogP contribution < -0.4 is 0 Å². The summed E-state index contributed by atoms with van der Waals surface area (Å²) < 4.78 is 7.33. The van der Waals surface area contributed by atoms with Crippen molar-refractivity contribution < 1.29 is 9.53 Å². The van der Waals surface area contributed by atoms with Crippen molar-refractivity contribution >= 4 is 5.78 Å². The van der Waals surface area contributed by atoms with Gasteiger partial charge in [0.2, 0.25) is 0 Å². The van der Waals surface area contributed by atoms with E-state index in [1.165, 1.54) is 6.33 Å². The fourth-order valence-corrected chi connectivity index (χ4v) is 2.19. The molecule has 2 heterocycles. The van der Waals surface area contributed by atoms with Gasteiger partial charge in [0.25, 0.3) is 0 Å². The molecular weight excluding hydrogens is 230 g/mol. The Morgan fingerprint density at radius 3 is 3.06 bits per heavy atom. The fraction of sp³-hybridized carbons (Fsp3) is 0.769. The molecular formula is C13H21N3O2. The molecule has 5 nitrogen and oxygen atoms in total. The molecule has 0 radical (unpaired) electrons. The Balaban J connectivity index is 1.95. The van der Waals surface area contributed by atoms with Crippen molar-refractivity contribution in [1.82, 2.24) is 14.8 Å². The summed E-state index contributed by atoms with van der Waals surface area (Å²) >= 11 is 0. The Bertz CT molecular complexity index is 395. The van der Waals surface area contributed by atoms with E-state index in [-0.39, 0.29) is 11.9 Å². The van der Waals surface area contributed by atoms with E-state index in [1.54, 1.807) is 0 Å². The molecule has 1 saturated heterocycles. The summed E-state index contributed by atoms with van der Waals surface area (Å²) in [5.74, 6) is 1.38. The van der Waals surface area contributed by atoms with Crippen molar-refractivity contribution in [3.8, 4) is 0 Å². The van der Waals surface area contributed by atoms with Crippen LogP contribution in [0.3, 0.4) is 0 Å². The van der Waals surface area contributed by atoms with Gasteiger partial charge in [0, 0.05) is 13.2 Å². The third kappa shape index (κ3) is 3.38. The lowest BCUT2D eigenvalue weighted by Gasteiger charge is -2.21. The van der Waals surface area contributed by atoms with Crippen molar-refractivity contribution in [3.63, 3.8) is 0 Å². The van der Waals surface area contributed by atoms with Crippen LogP contribution in [-0.4, -0.2) is 33.3 Å². The number of Topliss-reactive ketones (excluding diaryl/α,β-unsaturated/α-hetero) is 1. The minimum atomic E-state index is -0.233. The lowest BCUT2D eigenvalue weighted by atomic mass is 10.0. The van der Waals surface area contributed by atoms with Crippen LogP contribution in [0.5, 0.6) is 0 Å². The Labute approximate surface area is 108 Å². The molecule has 100 valence electrons. The average Bonchev–Trinajstić information content (AvgIpc) is 2.77. The zero-order valence-corrected chi connectivity index (χ0v) is 11.1. The molecule has 1 unspecified atom stereocenters. The summed E-state index contributed by atoms with van der Waals surface area (Å²) in [5.41, 5.74) is 0. The molecule has 1 aliphatic rings. The molecule has 1 fully saturated rings. The lowest BCUT2D eigenvalue weighted by Crippen LogP contribution is -2.30. The second kappa shape index (κ2) is 6.09. The minimum absolute atomic E-state index is 0.132. The van der Waals surface area contributed by atoms with E-state index in [2.05, 4.69) is 23.9 Å². The van der Waals surface area contributed by atoms with E-state index in [9.17, 15) is 4.79 Å². The Hall–Kier alpha value is -1.23. The van der Waals surface area contributed by atoms with Crippen LogP contribution in [0.25, 0.3) is 0 Å². The summed E-state index contributed by atoms with van der Waals surface area (Å²) in [6.45, 7) is 5.75. The van der Waals surface area contributed by atoms with E-state index < -0.39 is 0 Å². The number of carbonyl (C=O) groups excluding carboxylic acids is 1. The van der Waals surface area contributed by atoms with Gasteiger partial charge in [-0.3, -0.25) is 4.79 Å². The average molecular weight is 251 g/mol. The number of carbonyl (C=O) groups is 1. The molecule has 2 rings (SSSR count). The van der Waals surface area contributed by atoms with Crippen molar-refractivity contribution in [2.75, 3.05) is 6.61 Å². The first kappa shape index (κ1) is 13.2. The van der Waals surface area contributed by atoms with Gasteiger partial charge in [-0.25, -0.2) is 9.67 Å². The number of hydrogen-bond acceptors (Lipinski definition) is 4. The van der Waals surface area contributed by atoms with Gasteiger partial charge < -0.3 is 4.74 Å². The molecule has 1 aromatic rings. The second-order valence-corrected chi connectivity index (χ2v) is 5.25. The van der Waals surface area contributed by atoms with Crippen molar-refractivity contribution in [1.29, 1.82) is 0 Å². The van der Waals surface area contributed by atoms with E-state index >= 15 is 0 Å². The third-order valence-electron chi connectivity index (χ3n) is 3.10. The van der Waals surface area contributed by atoms with E-state index in [0.717, 1.165) is 31.6 Å². The summed E-state index contributed by atoms with van der Waals surface area (Å²) in [4.78, 5) is 16.3. The Morgan fingerprint density at radius 2 is 2.39 bits per heavy atom. The first-order valence-electron chi connectivity index (χ1n) is 6.68. The predicted octanol–water partition coefficient (Wildman–Crippen LogP) is 1.61. The SMILES string of the molecule is CC(C)Cn1ncnc1CC(=O)C1CCCCO1. The van der Waals surface area contributed by atoms with Gasteiger partial charge in [-0.1, -0.05) is 13.8 Å². The van der Waals surface area contributed by atoms with Gasteiger partial charge >= 0.3 is 0 Å². The summed E-state index contributed by atoms with van der Waals surface area (Å²) in [6, 6.07) is 0. The zero-order chi connectivity index (χ0) is 13.0. The highest BCUT2D eigenvalue weighted by Gasteiger charge is 2.23. The van der Waals surface area contributed by atoms with Gasteiger partial charge in [0.1, 0.15) is 18.3 Å². The number of hydrogen-bond donors (Lipinski definition) is 0. The van der Waals surface area contributed by atoms with Crippen LogP contribution in [0.1, 0.15) is 38.9 Å². The van der Waals surface area contributed by atoms with Gasteiger partial charge in [-0.2, -0.15) is 5.10 Å². The number of ether oxygens (including phenoxy) is 1. The molecule has 1 aromatic heterocycles. The van der Waals surface area contributed by atoms with Crippen LogP contribution in [0.2, 0.25) is 0 Å². The van der Waals surface area contributed by atoms with Crippen molar-refractivity contribution in [2.24, 2.45) is 5.92 Å². The van der Waals surface area contributed by atoms with Gasteiger partial charge in [-0.05, 0) is 25.2 Å². The first-order chi connectivity index (χ1) is 8.66. The van der Waals surface area contributed by atoms with Crippen LogP contribution >= 0.6 is 0 Å². The Kier molecular flexibility index (Phi) is 4.47. The molecule has 0 amide bonds. The number of nitrogens with zero attached hydrogens (tertiary/aromatic N) is 3. The van der Waals surface area contributed by atoms with E-state index in [4.69, 9.17) is 4.74 Å². The molecule has 0 N–H and O–H groups in total. The maximum absolute atomic E-state index is 12.1. The standard InChI is InChI=1S/C13H21N3O2/c1-10(2)8-16-13(14-9-15-16)7-11(17)12-5-3-4-6-18-12/h9-10,12H,3-8H2,1-2H3. The van der Waals surface area contributed by atoms with Gasteiger partial charge in [0.15, 0.2) is 5.78 Å². The van der Waals surface area contributed by atoms with Crippen LogP contribution in [0, 0.1) is 5.92 Å². The summed E-state index contributed by atoms with van der Waals surface area (Å²) in [7, 11) is 0. The third-order valence-corrected chi connectivity index (χ3v) is 3.10. The number of rotatable bonds is 5. The molecule has 1 atom stereocenters. The summed E-state index contributed by atoms with van der Waals surface area (Å²) in [5, 5.41) is 4.17. The highest BCUT2D eigenvalue weighted by Crippen LogP contribution is 2.15. The van der Waals surface area contributed by atoms with Gasteiger partial charge in [0.05, 0.1) is 6.42 Å². The van der Waals surface area contributed by atoms with Gasteiger partial charge in [-0.15, -0.1) is 0 Å².